The third-order valence-corrected chi connectivity index (χ3v) is 2.76. The van der Waals surface area contributed by atoms with Crippen molar-refractivity contribution in [3.63, 3.8) is 0 Å². The number of piperazine rings is 1. The van der Waals surface area contributed by atoms with Crippen LogP contribution in [0.1, 0.15) is 33.6 Å². The highest BCUT2D eigenvalue weighted by Crippen LogP contribution is 2.17. The minimum atomic E-state index is -0.791. The molecule has 1 unspecified atom stereocenters. The first-order valence-corrected chi connectivity index (χ1v) is 5.56. The standard InChI is InChI=1S/C11H20N2O3/c1-11(2,3)13-7-8(4-5-10(15)16)12-6-9(13)14/h8,12H,4-7H2,1-3H3,(H,15,16). The lowest BCUT2D eigenvalue weighted by Crippen LogP contribution is -2.59. The average Bonchev–Trinajstić information content (AvgIpc) is 2.14. The molecule has 0 aromatic heterocycles. The quantitative estimate of drug-likeness (QED) is 0.736. The number of hydrogen-bond acceptors (Lipinski definition) is 3. The maximum Gasteiger partial charge on any atom is 0.303 e. The number of aliphatic carboxylic acids is 1. The van der Waals surface area contributed by atoms with Crippen LogP contribution in [0.2, 0.25) is 0 Å². The molecule has 0 aromatic rings. The molecular weight excluding hydrogens is 208 g/mol. The van der Waals surface area contributed by atoms with Crippen molar-refractivity contribution in [2.75, 3.05) is 13.1 Å². The van der Waals surface area contributed by atoms with E-state index in [2.05, 4.69) is 5.32 Å². The second-order valence-corrected chi connectivity index (χ2v) is 5.19. The molecule has 16 heavy (non-hydrogen) atoms. The Balaban J connectivity index is 2.54. The molecule has 0 aliphatic carbocycles. The Labute approximate surface area is 95.8 Å². The van der Waals surface area contributed by atoms with Gasteiger partial charge in [-0.3, -0.25) is 9.59 Å². The number of carbonyl (C=O) groups is 2. The minimum absolute atomic E-state index is 0.0825. The number of nitrogens with one attached hydrogen (secondary N) is 1. The molecule has 1 fully saturated rings. The van der Waals surface area contributed by atoms with Crippen molar-refractivity contribution in [2.24, 2.45) is 0 Å². The minimum Gasteiger partial charge on any atom is -0.481 e. The fourth-order valence-corrected chi connectivity index (χ4v) is 1.85. The fourth-order valence-electron chi connectivity index (χ4n) is 1.85. The molecule has 5 nitrogen and oxygen atoms in total. The predicted molar refractivity (Wildman–Crippen MR) is 60.1 cm³/mol. The van der Waals surface area contributed by atoms with Crippen molar-refractivity contribution in [3.05, 3.63) is 0 Å². The molecule has 2 N–H and O–H groups in total. The van der Waals surface area contributed by atoms with Gasteiger partial charge in [-0.05, 0) is 27.2 Å². The zero-order chi connectivity index (χ0) is 12.3. The Morgan fingerprint density at radius 1 is 1.56 bits per heavy atom. The number of carbonyl (C=O) groups excluding carboxylic acids is 1. The summed E-state index contributed by atoms with van der Waals surface area (Å²) < 4.78 is 0. The monoisotopic (exact) mass is 228 g/mol. The van der Waals surface area contributed by atoms with Crippen LogP contribution >= 0.6 is 0 Å². The Hall–Kier alpha value is -1.10. The average molecular weight is 228 g/mol. The molecule has 0 spiro atoms. The zero-order valence-electron chi connectivity index (χ0n) is 10.1. The fraction of sp³-hybridized carbons (Fsp3) is 0.818. The smallest absolute Gasteiger partial charge is 0.303 e. The van der Waals surface area contributed by atoms with Crippen molar-refractivity contribution in [3.8, 4) is 0 Å². The molecule has 0 aromatic carbocycles. The van der Waals surface area contributed by atoms with E-state index in [1.54, 1.807) is 0 Å². The largest absolute Gasteiger partial charge is 0.481 e. The van der Waals surface area contributed by atoms with Crippen LogP contribution in [0.25, 0.3) is 0 Å². The maximum atomic E-state index is 11.7. The number of nitrogens with zero attached hydrogens (tertiary/aromatic N) is 1. The number of amides is 1. The molecule has 1 rings (SSSR count). The van der Waals surface area contributed by atoms with Gasteiger partial charge in [0.1, 0.15) is 0 Å². The van der Waals surface area contributed by atoms with Gasteiger partial charge in [0, 0.05) is 24.5 Å². The van der Waals surface area contributed by atoms with Crippen molar-refractivity contribution in [1.82, 2.24) is 10.2 Å². The van der Waals surface area contributed by atoms with Crippen LogP contribution in [0.15, 0.2) is 0 Å². The van der Waals surface area contributed by atoms with Crippen molar-refractivity contribution < 1.29 is 14.7 Å². The summed E-state index contributed by atoms with van der Waals surface area (Å²) in [5, 5.41) is 11.7. The van der Waals surface area contributed by atoms with Crippen LogP contribution in [0.5, 0.6) is 0 Å². The molecule has 1 saturated heterocycles. The number of hydrogen-bond donors (Lipinski definition) is 2. The van der Waals surface area contributed by atoms with Crippen LogP contribution < -0.4 is 5.32 Å². The van der Waals surface area contributed by atoms with E-state index < -0.39 is 5.97 Å². The van der Waals surface area contributed by atoms with Gasteiger partial charge in [0.15, 0.2) is 0 Å². The highest BCUT2D eigenvalue weighted by atomic mass is 16.4. The summed E-state index contributed by atoms with van der Waals surface area (Å²) in [6.07, 6.45) is 0.707. The maximum absolute atomic E-state index is 11.7. The van der Waals surface area contributed by atoms with Crippen LogP contribution in [0.3, 0.4) is 0 Å². The van der Waals surface area contributed by atoms with Gasteiger partial charge < -0.3 is 15.3 Å². The van der Waals surface area contributed by atoms with Gasteiger partial charge in [-0.1, -0.05) is 0 Å². The van der Waals surface area contributed by atoms with Crippen LogP contribution in [-0.4, -0.2) is 46.6 Å². The van der Waals surface area contributed by atoms with Gasteiger partial charge in [0.05, 0.1) is 6.54 Å². The summed E-state index contributed by atoms with van der Waals surface area (Å²) in [5.41, 5.74) is -0.194. The first-order valence-electron chi connectivity index (χ1n) is 5.56. The van der Waals surface area contributed by atoms with E-state index in [1.807, 2.05) is 25.7 Å². The van der Waals surface area contributed by atoms with E-state index >= 15 is 0 Å². The van der Waals surface area contributed by atoms with E-state index in [9.17, 15) is 9.59 Å². The molecule has 0 saturated carbocycles. The third kappa shape index (κ3) is 3.48. The molecule has 0 radical (unpaired) electrons. The zero-order valence-corrected chi connectivity index (χ0v) is 10.1. The molecule has 1 aliphatic heterocycles. The second kappa shape index (κ2) is 4.82. The molecule has 1 heterocycles. The highest BCUT2D eigenvalue weighted by molar-refractivity contribution is 5.80. The van der Waals surface area contributed by atoms with Crippen molar-refractivity contribution in [2.45, 2.75) is 45.2 Å². The molecule has 1 amide bonds. The van der Waals surface area contributed by atoms with Crippen LogP contribution in [0.4, 0.5) is 0 Å². The molecular formula is C11H20N2O3. The lowest BCUT2D eigenvalue weighted by molar-refractivity contribution is -0.138. The van der Waals surface area contributed by atoms with Gasteiger partial charge in [-0.15, -0.1) is 0 Å². The highest BCUT2D eigenvalue weighted by Gasteiger charge is 2.32. The van der Waals surface area contributed by atoms with E-state index in [1.165, 1.54) is 0 Å². The third-order valence-electron chi connectivity index (χ3n) is 2.76. The summed E-state index contributed by atoms with van der Waals surface area (Å²) in [6, 6.07) is 0.0908. The molecule has 5 heteroatoms. The molecule has 1 aliphatic rings. The van der Waals surface area contributed by atoms with Gasteiger partial charge in [-0.2, -0.15) is 0 Å². The number of carboxylic acids is 1. The SMILES string of the molecule is CC(C)(C)N1CC(CCC(=O)O)NCC1=O. The van der Waals surface area contributed by atoms with Crippen LogP contribution in [0, 0.1) is 0 Å². The predicted octanol–water partition coefficient (Wildman–Crippen LogP) is 0.450. The first-order chi connectivity index (χ1) is 7.30. The van der Waals surface area contributed by atoms with Gasteiger partial charge in [-0.25, -0.2) is 0 Å². The van der Waals surface area contributed by atoms with Crippen molar-refractivity contribution >= 4 is 11.9 Å². The molecule has 0 bridgehead atoms. The lowest BCUT2D eigenvalue weighted by atomic mass is 10.0. The molecule has 92 valence electrons. The lowest BCUT2D eigenvalue weighted by Gasteiger charge is -2.42. The summed E-state index contributed by atoms with van der Waals surface area (Å²) in [7, 11) is 0. The van der Waals surface area contributed by atoms with Crippen LogP contribution in [-0.2, 0) is 9.59 Å². The Bertz CT molecular complexity index is 283. The summed E-state index contributed by atoms with van der Waals surface area (Å²) in [5.74, 6) is -0.708. The second-order valence-electron chi connectivity index (χ2n) is 5.19. The number of rotatable bonds is 3. The van der Waals surface area contributed by atoms with Gasteiger partial charge in [0.25, 0.3) is 0 Å². The Morgan fingerprint density at radius 3 is 2.69 bits per heavy atom. The normalized spacial score (nSPS) is 22.3. The topological polar surface area (TPSA) is 69.6 Å². The first kappa shape index (κ1) is 13.0. The van der Waals surface area contributed by atoms with Crippen molar-refractivity contribution in [1.29, 1.82) is 0 Å². The van der Waals surface area contributed by atoms with E-state index in [-0.39, 0.29) is 23.9 Å². The van der Waals surface area contributed by atoms with E-state index in [0.29, 0.717) is 19.5 Å². The van der Waals surface area contributed by atoms with Gasteiger partial charge >= 0.3 is 5.97 Å². The summed E-state index contributed by atoms with van der Waals surface area (Å²) in [6.45, 7) is 6.87. The van der Waals surface area contributed by atoms with E-state index in [0.717, 1.165) is 0 Å². The van der Waals surface area contributed by atoms with E-state index in [4.69, 9.17) is 5.11 Å². The summed E-state index contributed by atoms with van der Waals surface area (Å²) in [4.78, 5) is 24.0. The Morgan fingerprint density at radius 2 is 2.19 bits per heavy atom. The Kier molecular flexibility index (Phi) is 3.91. The molecule has 1 atom stereocenters. The summed E-state index contributed by atoms with van der Waals surface area (Å²) >= 11 is 0. The van der Waals surface area contributed by atoms with Gasteiger partial charge in [0.2, 0.25) is 5.91 Å². The number of carboxylic acid groups (broad SMARTS) is 1.